The number of methoxy groups -OCH3 is 1. The molecule has 1 saturated carbocycles. The number of fused-ring (bicyclic) bond motifs is 1. The highest BCUT2D eigenvalue weighted by Crippen LogP contribution is 2.25. The summed E-state index contributed by atoms with van der Waals surface area (Å²) >= 11 is 0. The summed E-state index contributed by atoms with van der Waals surface area (Å²) in [5.41, 5.74) is 0. The Morgan fingerprint density at radius 2 is 1.68 bits per heavy atom. The highest BCUT2D eigenvalue weighted by molar-refractivity contribution is 7.89. The van der Waals surface area contributed by atoms with Crippen LogP contribution in [-0.2, 0) is 10.0 Å². The monoisotopic (exact) mass is 319 g/mol. The van der Waals surface area contributed by atoms with Gasteiger partial charge < -0.3 is 4.74 Å². The molecular weight excluding hydrogens is 298 g/mol. The molecule has 0 atom stereocenters. The molecule has 0 amide bonds. The number of ether oxygens (including phenoxy) is 1. The first kappa shape index (κ1) is 15.3. The summed E-state index contributed by atoms with van der Waals surface area (Å²) in [5.74, 6) is 0.767. The summed E-state index contributed by atoms with van der Waals surface area (Å²) < 4.78 is 33.1. The van der Waals surface area contributed by atoms with Gasteiger partial charge in [0.1, 0.15) is 5.75 Å². The zero-order valence-electron chi connectivity index (χ0n) is 12.7. The van der Waals surface area contributed by atoms with E-state index in [0.717, 1.165) is 42.2 Å². The van der Waals surface area contributed by atoms with Crippen LogP contribution in [0.3, 0.4) is 0 Å². The fraction of sp³-hybridized carbons (Fsp3) is 0.412. The van der Waals surface area contributed by atoms with Crippen LogP contribution in [-0.4, -0.2) is 21.6 Å². The Morgan fingerprint density at radius 3 is 2.41 bits per heavy atom. The number of hydrogen-bond acceptors (Lipinski definition) is 3. The first-order valence-electron chi connectivity index (χ1n) is 7.69. The summed E-state index contributed by atoms with van der Waals surface area (Å²) in [4.78, 5) is 0.329. The fourth-order valence-electron chi connectivity index (χ4n) is 3.00. The number of rotatable bonds is 4. The molecule has 1 fully saturated rings. The Balaban J connectivity index is 1.88. The van der Waals surface area contributed by atoms with Gasteiger partial charge >= 0.3 is 0 Å². The van der Waals surface area contributed by atoms with E-state index in [1.165, 1.54) is 6.42 Å². The normalized spacial score (nSPS) is 16.8. The van der Waals surface area contributed by atoms with Crippen molar-refractivity contribution in [3.8, 4) is 5.75 Å². The molecule has 22 heavy (non-hydrogen) atoms. The van der Waals surface area contributed by atoms with Crippen molar-refractivity contribution in [1.29, 1.82) is 0 Å². The van der Waals surface area contributed by atoms with Gasteiger partial charge in [-0.3, -0.25) is 0 Å². The molecule has 2 aromatic rings. The minimum Gasteiger partial charge on any atom is -0.497 e. The molecule has 0 bridgehead atoms. The van der Waals surface area contributed by atoms with Crippen molar-refractivity contribution in [3.63, 3.8) is 0 Å². The number of benzene rings is 2. The van der Waals surface area contributed by atoms with Crippen LogP contribution in [0, 0.1) is 0 Å². The smallest absolute Gasteiger partial charge is 0.240 e. The molecule has 0 aliphatic heterocycles. The van der Waals surface area contributed by atoms with E-state index in [-0.39, 0.29) is 6.04 Å². The molecule has 118 valence electrons. The van der Waals surface area contributed by atoms with Crippen molar-refractivity contribution < 1.29 is 13.2 Å². The zero-order chi connectivity index (χ0) is 15.6. The average Bonchev–Trinajstić information content (AvgIpc) is 2.54. The Bertz CT molecular complexity index is 765. The molecule has 0 spiro atoms. The zero-order valence-corrected chi connectivity index (χ0v) is 13.5. The van der Waals surface area contributed by atoms with Gasteiger partial charge in [-0.2, -0.15) is 0 Å². The number of hydrogen-bond donors (Lipinski definition) is 1. The maximum absolute atomic E-state index is 12.5. The van der Waals surface area contributed by atoms with Gasteiger partial charge in [0.2, 0.25) is 10.0 Å². The van der Waals surface area contributed by atoms with Crippen LogP contribution < -0.4 is 9.46 Å². The standard InChI is InChI=1S/C17H21NO3S/c1-21-16-9-7-14-12-17(10-8-13(14)11-16)22(19,20)18-15-5-3-2-4-6-15/h7-12,15,18H,2-6H2,1H3. The summed E-state index contributed by atoms with van der Waals surface area (Å²) in [7, 11) is -1.83. The van der Waals surface area contributed by atoms with Crippen LogP contribution in [0.4, 0.5) is 0 Å². The van der Waals surface area contributed by atoms with Crippen LogP contribution in [0.25, 0.3) is 10.8 Å². The second kappa shape index (κ2) is 6.26. The molecule has 3 rings (SSSR count). The molecule has 5 heteroatoms. The van der Waals surface area contributed by atoms with E-state index in [4.69, 9.17) is 4.74 Å². The Hall–Kier alpha value is -1.59. The van der Waals surface area contributed by atoms with Crippen molar-refractivity contribution in [2.45, 2.75) is 43.0 Å². The van der Waals surface area contributed by atoms with Gasteiger partial charge in [-0.1, -0.05) is 31.4 Å². The van der Waals surface area contributed by atoms with E-state index in [0.29, 0.717) is 4.90 Å². The second-order valence-electron chi connectivity index (χ2n) is 5.83. The predicted molar refractivity (Wildman–Crippen MR) is 87.7 cm³/mol. The summed E-state index contributed by atoms with van der Waals surface area (Å²) in [6.07, 6.45) is 5.28. The maximum Gasteiger partial charge on any atom is 0.240 e. The minimum absolute atomic E-state index is 0.0744. The lowest BCUT2D eigenvalue weighted by Crippen LogP contribution is -2.36. The van der Waals surface area contributed by atoms with Gasteiger partial charge in [0, 0.05) is 6.04 Å². The average molecular weight is 319 g/mol. The highest BCUT2D eigenvalue weighted by Gasteiger charge is 2.21. The van der Waals surface area contributed by atoms with Gasteiger partial charge in [0.15, 0.2) is 0 Å². The van der Waals surface area contributed by atoms with Crippen molar-refractivity contribution in [3.05, 3.63) is 36.4 Å². The van der Waals surface area contributed by atoms with Crippen molar-refractivity contribution in [1.82, 2.24) is 4.72 Å². The molecule has 0 heterocycles. The van der Waals surface area contributed by atoms with E-state index in [9.17, 15) is 8.42 Å². The molecular formula is C17H21NO3S. The van der Waals surface area contributed by atoms with E-state index < -0.39 is 10.0 Å². The van der Waals surface area contributed by atoms with Gasteiger partial charge in [0.25, 0.3) is 0 Å². The van der Waals surface area contributed by atoms with Crippen LogP contribution >= 0.6 is 0 Å². The maximum atomic E-state index is 12.5. The van der Waals surface area contributed by atoms with Crippen LogP contribution in [0.15, 0.2) is 41.3 Å². The van der Waals surface area contributed by atoms with Crippen molar-refractivity contribution in [2.75, 3.05) is 7.11 Å². The van der Waals surface area contributed by atoms with Gasteiger partial charge in [0.05, 0.1) is 12.0 Å². The third-order valence-corrected chi connectivity index (χ3v) is 5.77. The van der Waals surface area contributed by atoms with Gasteiger partial charge in [-0.15, -0.1) is 0 Å². The fourth-order valence-corrected chi connectivity index (χ4v) is 4.34. The topological polar surface area (TPSA) is 55.4 Å². The molecule has 0 saturated heterocycles. The quantitative estimate of drug-likeness (QED) is 0.939. The van der Waals surface area contributed by atoms with Crippen LogP contribution in [0.5, 0.6) is 5.75 Å². The third kappa shape index (κ3) is 3.25. The van der Waals surface area contributed by atoms with Gasteiger partial charge in [-0.25, -0.2) is 13.1 Å². The minimum atomic E-state index is -3.45. The largest absolute Gasteiger partial charge is 0.497 e. The predicted octanol–water partition coefficient (Wildman–Crippen LogP) is 3.46. The summed E-state index contributed by atoms with van der Waals surface area (Å²) in [6.45, 7) is 0. The lowest BCUT2D eigenvalue weighted by atomic mass is 9.96. The second-order valence-corrected chi connectivity index (χ2v) is 7.55. The molecule has 2 aromatic carbocycles. The molecule has 0 radical (unpaired) electrons. The first-order valence-corrected chi connectivity index (χ1v) is 9.17. The molecule has 0 unspecified atom stereocenters. The van der Waals surface area contributed by atoms with E-state index >= 15 is 0 Å². The van der Waals surface area contributed by atoms with Gasteiger partial charge in [-0.05, 0) is 47.9 Å². The van der Waals surface area contributed by atoms with Crippen molar-refractivity contribution >= 4 is 20.8 Å². The molecule has 1 aliphatic rings. The Kier molecular flexibility index (Phi) is 4.36. The van der Waals surface area contributed by atoms with E-state index in [1.807, 2.05) is 24.3 Å². The molecule has 0 aromatic heterocycles. The number of sulfonamides is 1. The lowest BCUT2D eigenvalue weighted by Gasteiger charge is -2.22. The highest BCUT2D eigenvalue weighted by atomic mass is 32.2. The molecule has 1 aliphatic carbocycles. The summed E-state index contributed by atoms with van der Waals surface area (Å²) in [6, 6.07) is 10.9. The molecule has 4 nitrogen and oxygen atoms in total. The van der Waals surface area contributed by atoms with Crippen molar-refractivity contribution in [2.24, 2.45) is 0 Å². The Labute approximate surface area is 131 Å². The van der Waals surface area contributed by atoms with E-state index in [2.05, 4.69) is 4.72 Å². The lowest BCUT2D eigenvalue weighted by molar-refractivity contribution is 0.412. The SMILES string of the molecule is COc1ccc2cc(S(=O)(=O)NC3CCCCC3)ccc2c1. The third-order valence-electron chi connectivity index (χ3n) is 4.26. The Morgan fingerprint density at radius 1 is 1.00 bits per heavy atom. The first-order chi connectivity index (χ1) is 10.6. The molecule has 1 N–H and O–H groups in total. The number of nitrogens with one attached hydrogen (secondary N) is 1. The summed E-state index contributed by atoms with van der Waals surface area (Å²) in [5, 5.41) is 1.86. The van der Waals surface area contributed by atoms with Crippen LogP contribution in [0.2, 0.25) is 0 Å². The van der Waals surface area contributed by atoms with E-state index in [1.54, 1.807) is 19.2 Å². The van der Waals surface area contributed by atoms with Crippen LogP contribution in [0.1, 0.15) is 32.1 Å².